The minimum absolute atomic E-state index is 0.0393. The van der Waals surface area contributed by atoms with E-state index < -0.39 is 36.1 Å². The van der Waals surface area contributed by atoms with Crippen molar-refractivity contribution in [2.24, 2.45) is 11.8 Å². The minimum Gasteiger partial charge on any atom is -0.481 e. The Labute approximate surface area is 167 Å². The molecule has 0 spiro atoms. The van der Waals surface area contributed by atoms with Crippen molar-refractivity contribution in [1.82, 2.24) is 9.55 Å². The number of hydrogen-bond donors (Lipinski definition) is 1. The number of ether oxygens (including phenoxy) is 1. The van der Waals surface area contributed by atoms with Gasteiger partial charge in [0.05, 0.1) is 11.4 Å². The third kappa shape index (κ3) is 2.17. The summed E-state index contributed by atoms with van der Waals surface area (Å²) in [5.74, 6) is -3.54. The van der Waals surface area contributed by atoms with Gasteiger partial charge in [0.1, 0.15) is 12.1 Å². The third-order valence-corrected chi connectivity index (χ3v) is 7.63. The summed E-state index contributed by atoms with van der Waals surface area (Å²) in [6.07, 6.45) is 8.12. The zero-order chi connectivity index (χ0) is 20.0. The normalized spacial score (nSPS) is 43.6. The van der Waals surface area contributed by atoms with E-state index in [-0.39, 0.29) is 16.6 Å². The quantitative estimate of drug-likeness (QED) is 0.796. The Morgan fingerprint density at radius 1 is 1.41 bits per heavy atom. The number of methoxy groups -OCH3 is 1. The lowest BCUT2D eigenvalue weighted by Crippen LogP contribution is -2.68. The zero-order valence-electron chi connectivity index (χ0n) is 16.3. The SMILES string of the molecule is COC1(F)CCCC2C3O[N+](C4CC4)(C(n4cc5cccnc5c4)C3C(=O)O)C21. The Morgan fingerprint density at radius 3 is 2.93 bits per heavy atom. The lowest BCUT2D eigenvalue weighted by molar-refractivity contribution is -1.14. The Morgan fingerprint density at radius 2 is 2.24 bits per heavy atom. The van der Waals surface area contributed by atoms with Gasteiger partial charge in [-0.3, -0.25) is 14.3 Å². The number of quaternary nitrogens is 1. The van der Waals surface area contributed by atoms with Crippen LogP contribution in [-0.4, -0.2) is 56.4 Å². The van der Waals surface area contributed by atoms with Crippen LogP contribution in [-0.2, 0) is 14.4 Å². The smallest absolute Gasteiger partial charge is 0.317 e. The van der Waals surface area contributed by atoms with E-state index in [9.17, 15) is 9.90 Å². The standard InChI is InChI=1S/C21H24FN3O4/c1-28-21(22)8-2-5-14-17-16(20(26)27)19(25(29-17,18(14)21)13-6-7-13)24-10-12-4-3-9-23-15(12)11-24/h3-4,9-11,13-14,16-19H,2,5-8H2,1H3/p+1. The number of carboxylic acid groups (broad SMARTS) is 1. The maximum Gasteiger partial charge on any atom is 0.317 e. The molecule has 2 aromatic rings. The van der Waals surface area contributed by atoms with Crippen molar-refractivity contribution in [2.45, 2.75) is 62.3 Å². The average molecular weight is 402 g/mol. The van der Waals surface area contributed by atoms with E-state index >= 15 is 4.39 Å². The van der Waals surface area contributed by atoms with Gasteiger partial charge in [0.25, 0.3) is 5.85 Å². The molecular weight excluding hydrogens is 377 g/mol. The second kappa shape index (κ2) is 5.77. The van der Waals surface area contributed by atoms with Gasteiger partial charge < -0.3 is 9.84 Å². The summed E-state index contributed by atoms with van der Waals surface area (Å²) in [6.45, 7) is 0. The molecule has 8 heteroatoms. The van der Waals surface area contributed by atoms with Crippen molar-refractivity contribution < 1.29 is 28.5 Å². The van der Waals surface area contributed by atoms with Crippen molar-refractivity contribution in [2.75, 3.05) is 7.11 Å². The largest absolute Gasteiger partial charge is 0.481 e. The third-order valence-electron chi connectivity index (χ3n) is 7.63. The molecule has 2 aliphatic carbocycles. The first kappa shape index (κ1) is 17.8. The molecule has 0 radical (unpaired) electrons. The van der Waals surface area contributed by atoms with Gasteiger partial charge in [0.15, 0.2) is 12.0 Å². The van der Waals surface area contributed by atoms with Gasteiger partial charge in [-0.2, -0.15) is 4.84 Å². The van der Waals surface area contributed by atoms with Crippen LogP contribution in [0.4, 0.5) is 4.39 Å². The van der Waals surface area contributed by atoms with Gasteiger partial charge in [-0.25, -0.2) is 4.39 Å². The summed E-state index contributed by atoms with van der Waals surface area (Å²) in [6, 6.07) is 3.41. The number of rotatable bonds is 4. The summed E-state index contributed by atoms with van der Waals surface area (Å²) in [5, 5.41) is 11.1. The molecule has 0 aromatic carbocycles. The van der Waals surface area contributed by atoms with Gasteiger partial charge >= 0.3 is 5.97 Å². The van der Waals surface area contributed by atoms with E-state index in [1.54, 1.807) is 6.20 Å². The predicted molar refractivity (Wildman–Crippen MR) is 100 cm³/mol. The molecule has 1 N–H and O–H groups in total. The highest BCUT2D eigenvalue weighted by atomic mass is 19.2. The highest BCUT2D eigenvalue weighted by Crippen LogP contribution is 2.65. The number of aliphatic carboxylic acids is 1. The molecule has 154 valence electrons. The summed E-state index contributed by atoms with van der Waals surface area (Å²) < 4.78 is 23.5. The predicted octanol–water partition coefficient (Wildman–Crippen LogP) is 3.02. The van der Waals surface area contributed by atoms with Crippen LogP contribution in [0.1, 0.15) is 38.3 Å². The first-order valence-electron chi connectivity index (χ1n) is 10.5. The van der Waals surface area contributed by atoms with Crippen LogP contribution in [0.2, 0.25) is 0 Å². The first-order valence-corrected chi connectivity index (χ1v) is 10.5. The van der Waals surface area contributed by atoms with E-state index in [0.29, 0.717) is 12.8 Å². The van der Waals surface area contributed by atoms with Crippen LogP contribution in [0.25, 0.3) is 10.9 Å². The van der Waals surface area contributed by atoms with Crippen LogP contribution in [0, 0.1) is 11.8 Å². The molecule has 7 nitrogen and oxygen atoms in total. The topological polar surface area (TPSA) is 73.6 Å². The fourth-order valence-corrected chi connectivity index (χ4v) is 6.51. The average Bonchev–Trinajstić information content (AvgIpc) is 3.27. The number of nitrogens with zero attached hydrogens (tertiary/aromatic N) is 3. The van der Waals surface area contributed by atoms with Crippen LogP contribution in [0.15, 0.2) is 30.7 Å². The fourth-order valence-electron chi connectivity index (χ4n) is 6.51. The number of carboxylic acids is 1. The van der Waals surface area contributed by atoms with Crippen molar-refractivity contribution >= 4 is 16.9 Å². The Balaban J connectivity index is 1.56. The number of hydrogen-bond acceptors (Lipinski definition) is 4. The number of aromatic nitrogens is 2. The zero-order valence-corrected chi connectivity index (χ0v) is 16.3. The van der Waals surface area contributed by atoms with Gasteiger partial charge in [0.2, 0.25) is 6.17 Å². The molecule has 2 aromatic heterocycles. The Bertz CT molecular complexity index is 960. The van der Waals surface area contributed by atoms with Crippen LogP contribution >= 0.6 is 0 Å². The molecular formula is C21H25FN3O4+. The van der Waals surface area contributed by atoms with Crippen LogP contribution in [0.5, 0.6) is 0 Å². The minimum atomic E-state index is -1.80. The van der Waals surface area contributed by atoms with Crippen molar-refractivity contribution in [1.29, 1.82) is 0 Å². The summed E-state index contributed by atoms with van der Waals surface area (Å²) in [5.41, 5.74) is 0.799. The van der Waals surface area contributed by atoms with Gasteiger partial charge in [-0.05, 0) is 25.0 Å². The summed E-state index contributed by atoms with van der Waals surface area (Å²) in [7, 11) is 1.43. The number of fused-ring (bicyclic) bond motifs is 6. The van der Waals surface area contributed by atoms with Gasteiger partial charge in [0, 0.05) is 50.3 Å². The molecule has 2 saturated carbocycles. The molecule has 7 unspecified atom stereocenters. The molecule has 4 heterocycles. The summed E-state index contributed by atoms with van der Waals surface area (Å²) in [4.78, 5) is 23.4. The van der Waals surface area contributed by atoms with Crippen LogP contribution < -0.4 is 0 Å². The molecule has 4 aliphatic rings. The Hall–Kier alpha value is -2.03. The number of pyridine rings is 1. The van der Waals surface area contributed by atoms with E-state index in [1.165, 1.54) is 7.11 Å². The Kier molecular flexibility index (Phi) is 3.54. The van der Waals surface area contributed by atoms with E-state index in [1.807, 2.05) is 29.1 Å². The molecule has 2 bridgehead atoms. The number of carbonyl (C=O) groups is 1. The highest BCUT2D eigenvalue weighted by molar-refractivity contribution is 5.78. The maximum absolute atomic E-state index is 16.1. The molecule has 6 rings (SSSR count). The van der Waals surface area contributed by atoms with Gasteiger partial charge in [-0.1, -0.05) is 0 Å². The van der Waals surface area contributed by atoms with Gasteiger partial charge in [-0.15, -0.1) is 4.65 Å². The molecule has 29 heavy (non-hydrogen) atoms. The molecule has 7 atom stereocenters. The fraction of sp³-hybridized carbons (Fsp3) is 0.619. The first-order chi connectivity index (χ1) is 14.0. The second-order valence-electron chi connectivity index (χ2n) is 9.02. The van der Waals surface area contributed by atoms with E-state index in [2.05, 4.69) is 4.98 Å². The van der Waals surface area contributed by atoms with E-state index in [0.717, 1.165) is 30.2 Å². The molecule has 0 amide bonds. The number of halogens is 1. The second-order valence-corrected chi connectivity index (χ2v) is 9.02. The summed E-state index contributed by atoms with van der Waals surface area (Å²) >= 11 is 0. The number of piperidine rings is 1. The number of hydroxylamine groups is 3. The van der Waals surface area contributed by atoms with Crippen LogP contribution in [0.3, 0.4) is 0 Å². The van der Waals surface area contributed by atoms with E-state index in [4.69, 9.17) is 9.57 Å². The lowest BCUT2D eigenvalue weighted by Gasteiger charge is -2.50. The van der Waals surface area contributed by atoms with Crippen molar-refractivity contribution in [3.63, 3.8) is 0 Å². The lowest BCUT2D eigenvalue weighted by atomic mass is 9.70. The molecule has 2 aliphatic heterocycles. The van der Waals surface area contributed by atoms with Crippen molar-refractivity contribution in [3.8, 4) is 0 Å². The molecule has 2 saturated heterocycles. The monoisotopic (exact) mass is 402 g/mol. The highest BCUT2D eigenvalue weighted by Gasteiger charge is 2.82. The van der Waals surface area contributed by atoms with Crippen molar-refractivity contribution in [3.05, 3.63) is 30.7 Å². The maximum atomic E-state index is 16.1. The number of alkyl halides is 1. The molecule has 4 fully saturated rings.